The molecular weight excluding hydrogens is 284 g/mol. The molecule has 1 amide bonds. The molecule has 0 aliphatic rings. The second kappa shape index (κ2) is 6.43. The number of fused-ring (bicyclic) bond motifs is 1. The lowest BCUT2D eigenvalue weighted by atomic mass is 10.0. The first kappa shape index (κ1) is 15.8. The lowest BCUT2D eigenvalue weighted by molar-refractivity contribution is -0.137. The molecule has 2 N–H and O–H groups in total. The largest absolute Gasteiger partial charge is 0.480 e. The smallest absolute Gasteiger partial charge is 0.323 e. The zero-order valence-corrected chi connectivity index (χ0v) is 12.5. The molecule has 0 fully saturated rings. The van der Waals surface area contributed by atoms with E-state index in [0.29, 0.717) is 17.5 Å². The van der Waals surface area contributed by atoms with Crippen molar-refractivity contribution < 1.29 is 14.7 Å². The van der Waals surface area contributed by atoms with Crippen molar-refractivity contribution in [2.75, 3.05) is 13.1 Å². The highest BCUT2D eigenvalue weighted by atomic mass is 16.4. The van der Waals surface area contributed by atoms with Crippen LogP contribution in [0.5, 0.6) is 0 Å². The molecule has 0 spiro atoms. The number of hydrogen-bond donors (Lipinski definition) is 2. The minimum absolute atomic E-state index is 0.00778. The van der Waals surface area contributed by atoms with Crippen LogP contribution in [0.15, 0.2) is 29.1 Å². The molecule has 116 valence electrons. The number of carbonyl (C=O) groups excluding carboxylic acids is 1. The molecule has 0 bridgehead atoms. The normalized spacial score (nSPS) is 10.6. The molecule has 1 heterocycles. The molecule has 0 saturated carbocycles. The number of nitrogens with one attached hydrogen (secondary N) is 1. The number of aryl methyl sites for hydroxylation is 1. The number of H-pyrrole nitrogens is 1. The zero-order valence-electron chi connectivity index (χ0n) is 12.5. The van der Waals surface area contributed by atoms with Gasteiger partial charge >= 0.3 is 5.97 Å². The third-order valence-corrected chi connectivity index (χ3v) is 3.50. The number of carboxylic acid groups (broad SMARTS) is 1. The SMILES string of the molecule is CCCN(CC(=O)O)C(=O)c1c(C)c2ccccc2[nH]c1=O. The molecule has 2 rings (SSSR count). The fourth-order valence-corrected chi connectivity index (χ4v) is 2.51. The van der Waals surface area contributed by atoms with Crippen molar-refractivity contribution in [2.24, 2.45) is 0 Å². The summed E-state index contributed by atoms with van der Waals surface area (Å²) in [6, 6.07) is 7.20. The van der Waals surface area contributed by atoms with Crippen molar-refractivity contribution in [2.45, 2.75) is 20.3 Å². The van der Waals surface area contributed by atoms with Crippen molar-refractivity contribution in [3.05, 3.63) is 45.7 Å². The Kier molecular flexibility index (Phi) is 4.60. The van der Waals surface area contributed by atoms with Gasteiger partial charge in [0.05, 0.1) is 0 Å². The zero-order chi connectivity index (χ0) is 16.3. The summed E-state index contributed by atoms with van der Waals surface area (Å²) in [5.41, 5.74) is 0.735. The molecule has 0 aliphatic heterocycles. The molecule has 0 radical (unpaired) electrons. The number of amides is 1. The number of pyridine rings is 1. The van der Waals surface area contributed by atoms with Crippen molar-refractivity contribution >= 4 is 22.8 Å². The Labute approximate surface area is 127 Å². The summed E-state index contributed by atoms with van der Waals surface area (Å²) < 4.78 is 0. The van der Waals surface area contributed by atoms with Crippen LogP contribution in [-0.2, 0) is 4.79 Å². The first-order chi connectivity index (χ1) is 10.5. The van der Waals surface area contributed by atoms with Gasteiger partial charge in [0.25, 0.3) is 11.5 Å². The maximum Gasteiger partial charge on any atom is 0.323 e. The van der Waals surface area contributed by atoms with Crippen LogP contribution in [0.4, 0.5) is 0 Å². The van der Waals surface area contributed by atoms with Crippen LogP contribution >= 0.6 is 0 Å². The summed E-state index contributed by atoms with van der Waals surface area (Å²) in [6.45, 7) is 3.42. The van der Waals surface area contributed by atoms with Crippen molar-refractivity contribution in [1.82, 2.24) is 9.88 Å². The van der Waals surface area contributed by atoms with Crippen LogP contribution in [0.3, 0.4) is 0 Å². The molecule has 0 atom stereocenters. The van der Waals surface area contributed by atoms with Gasteiger partial charge in [0.15, 0.2) is 0 Å². The number of aromatic amines is 1. The number of carbonyl (C=O) groups is 2. The van der Waals surface area contributed by atoms with E-state index < -0.39 is 24.0 Å². The van der Waals surface area contributed by atoms with E-state index >= 15 is 0 Å². The molecule has 6 heteroatoms. The Morgan fingerprint density at radius 1 is 1.27 bits per heavy atom. The van der Waals surface area contributed by atoms with E-state index in [1.54, 1.807) is 19.1 Å². The number of hydrogen-bond acceptors (Lipinski definition) is 3. The highest BCUT2D eigenvalue weighted by Crippen LogP contribution is 2.18. The first-order valence-electron chi connectivity index (χ1n) is 7.08. The van der Waals surface area contributed by atoms with Crippen LogP contribution in [-0.4, -0.2) is 40.0 Å². The van der Waals surface area contributed by atoms with E-state index in [2.05, 4.69) is 4.98 Å². The van der Waals surface area contributed by atoms with Crippen molar-refractivity contribution in [1.29, 1.82) is 0 Å². The first-order valence-corrected chi connectivity index (χ1v) is 7.08. The number of benzene rings is 1. The molecule has 6 nitrogen and oxygen atoms in total. The van der Waals surface area contributed by atoms with Crippen molar-refractivity contribution in [3.8, 4) is 0 Å². The molecule has 1 aromatic carbocycles. The number of aromatic nitrogens is 1. The van der Waals surface area contributed by atoms with Crippen LogP contribution in [0, 0.1) is 6.92 Å². The second-order valence-electron chi connectivity index (χ2n) is 5.12. The lowest BCUT2D eigenvalue weighted by Gasteiger charge is -2.20. The topological polar surface area (TPSA) is 90.5 Å². The maximum atomic E-state index is 12.6. The summed E-state index contributed by atoms with van der Waals surface area (Å²) in [6.07, 6.45) is 0.615. The molecule has 0 saturated heterocycles. The van der Waals surface area contributed by atoms with E-state index in [1.807, 2.05) is 19.1 Å². The minimum atomic E-state index is -1.10. The molecule has 2 aromatic rings. The Hall–Kier alpha value is -2.63. The molecule has 0 aliphatic carbocycles. The van der Waals surface area contributed by atoms with E-state index in [1.165, 1.54) is 4.90 Å². The van der Waals surface area contributed by atoms with Gasteiger partial charge in [0, 0.05) is 17.4 Å². The summed E-state index contributed by atoms with van der Waals surface area (Å²) in [7, 11) is 0. The van der Waals surface area contributed by atoms with Crippen LogP contribution in [0.25, 0.3) is 10.9 Å². The van der Waals surface area contributed by atoms with Crippen LogP contribution in [0.1, 0.15) is 29.3 Å². The number of aliphatic carboxylic acids is 1. The second-order valence-corrected chi connectivity index (χ2v) is 5.12. The fourth-order valence-electron chi connectivity index (χ4n) is 2.51. The number of para-hydroxylation sites is 1. The molecular formula is C16H18N2O4. The Balaban J connectivity index is 2.55. The Morgan fingerprint density at radius 2 is 1.95 bits per heavy atom. The van der Waals surface area contributed by atoms with E-state index in [4.69, 9.17) is 5.11 Å². The summed E-state index contributed by atoms with van der Waals surface area (Å²) in [5, 5.41) is 9.71. The average molecular weight is 302 g/mol. The average Bonchev–Trinajstić information content (AvgIpc) is 2.46. The summed E-state index contributed by atoms with van der Waals surface area (Å²) in [4.78, 5) is 39.6. The van der Waals surface area contributed by atoms with Gasteiger partial charge in [-0.15, -0.1) is 0 Å². The monoisotopic (exact) mass is 302 g/mol. The third kappa shape index (κ3) is 3.00. The summed E-state index contributed by atoms with van der Waals surface area (Å²) >= 11 is 0. The van der Waals surface area contributed by atoms with Gasteiger partial charge in [-0.2, -0.15) is 0 Å². The lowest BCUT2D eigenvalue weighted by Crippen LogP contribution is -2.39. The van der Waals surface area contributed by atoms with Gasteiger partial charge in [-0.05, 0) is 25.0 Å². The van der Waals surface area contributed by atoms with E-state index in [9.17, 15) is 14.4 Å². The third-order valence-electron chi connectivity index (χ3n) is 3.50. The molecule has 0 unspecified atom stereocenters. The quantitative estimate of drug-likeness (QED) is 0.880. The van der Waals surface area contributed by atoms with Crippen LogP contribution in [0.2, 0.25) is 0 Å². The van der Waals surface area contributed by atoms with Crippen LogP contribution < -0.4 is 5.56 Å². The van der Waals surface area contributed by atoms with E-state index in [-0.39, 0.29) is 12.1 Å². The standard InChI is InChI=1S/C16H18N2O4/c1-3-8-18(9-13(19)20)16(22)14-10(2)11-6-4-5-7-12(11)17-15(14)21/h4-7H,3,8-9H2,1-2H3,(H,17,21)(H,19,20). The number of nitrogens with zero attached hydrogens (tertiary/aromatic N) is 1. The van der Waals surface area contributed by atoms with Crippen molar-refractivity contribution in [3.63, 3.8) is 0 Å². The number of carboxylic acids is 1. The van der Waals surface area contributed by atoms with Gasteiger partial charge in [0.2, 0.25) is 0 Å². The number of rotatable bonds is 5. The van der Waals surface area contributed by atoms with Gasteiger partial charge in [-0.3, -0.25) is 14.4 Å². The maximum absolute atomic E-state index is 12.6. The van der Waals surface area contributed by atoms with Gasteiger partial charge < -0.3 is 15.0 Å². The van der Waals surface area contributed by atoms with Gasteiger partial charge in [-0.25, -0.2) is 0 Å². The van der Waals surface area contributed by atoms with Gasteiger partial charge in [0.1, 0.15) is 12.1 Å². The Morgan fingerprint density at radius 3 is 2.59 bits per heavy atom. The highest BCUT2D eigenvalue weighted by molar-refractivity contribution is 6.00. The minimum Gasteiger partial charge on any atom is -0.480 e. The predicted octanol–water partition coefficient (Wildman–Crippen LogP) is 1.77. The highest BCUT2D eigenvalue weighted by Gasteiger charge is 2.23. The molecule has 22 heavy (non-hydrogen) atoms. The predicted molar refractivity (Wildman–Crippen MR) is 83.1 cm³/mol. The fraction of sp³-hybridized carbons (Fsp3) is 0.312. The van der Waals surface area contributed by atoms with E-state index in [0.717, 1.165) is 5.39 Å². The van der Waals surface area contributed by atoms with Gasteiger partial charge in [-0.1, -0.05) is 25.1 Å². The summed E-state index contributed by atoms with van der Waals surface area (Å²) in [5.74, 6) is -1.65. The molecule has 1 aromatic heterocycles. The Bertz CT molecular complexity index is 779.